The third-order valence-corrected chi connectivity index (χ3v) is 4.14. The van der Waals surface area contributed by atoms with Gasteiger partial charge in [-0.25, -0.2) is 0 Å². The first kappa shape index (κ1) is 18.3. The summed E-state index contributed by atoms with van der Waals surface area (Å²) in [5.74, 6) is -2.09. The molecule has 1 heterocycles. The van der Waals surface area contributed by atoms with Crippen molar-refractivity contribution < 1.29 is 22.8 Å². The molecule has 0 aliphatic carbocycles. The Hall–Kier alpha value is -2.05. The number of nitrogens with one attached hydrogen (secondary N) is 1. The normalized spacial score (nSPS) is 18.3. The molecule has 0 spiro atoms. The van der Waals surface area contributed by atoms with Crippen LogP contribution < -0.4 is 5.32 Å². The van der Waals surface area contributed by atoms with E-state index < -0.39 is 12.1 Å². The highest BCUT2D eigenvalue weighted by atomic mass is 19.4. The number of hydrogen-bond donors (Lipinski definition) is 1. The van der Waals surface area contributed by atoms with Crippen LogP contribution in [-0.2, 0) is 4.79 Å². The standard InChI is InChI=1S/C17H21F3N2O2/c1-12-4-2-5-13(10-12)16(24)21-8-7-15(23)22-9-3-6-14(11-22)17(18,19)20/h2,4-5,10,14H,3,6-9,11H2,1H3,(H,21,24). The average Bonchev–Trinajstić information content (AvgIpc) is 2.54. The van der Waals surface area contributed by atoms with Crippen LogP contribution in [0, 0.1) is 12.8 Å². The summed E-state index contributed by atoms with van der Waals surface area (Å²) in [7, 11) is 0. The minimum absolute atomic E-state index is 0.00212. The molecule has 1 unspecified atom stereocenters. The number of alkyl halides is 3. The lowest BCUT2D eigenvalue weighted by Gasteiger charge is -2.33. The van der Waals surface area contributed by atoms with Gasteiger partial charge in [-0.3, -0.25) is 9.59 Å². The fourth-order valence-corrected chi connectivity index (χ4v) is 2.80. The monoisotopic (exact) mass is 342 g/mol. The molecule has 1 fully saturated rings. The summed E-state index contributed by atoms with van der Waals surface area (Å²) in [6.45, 7) is 2.04. The van der Waals surface area contributed by atoms with Crippen LogP contribution >= 0.6 is 0 Å². The highest BCUT2D eigenvalue weighted by Gasteiger charge is 2.42. The fraction of sp³-hybridized carbons (Fsp3) is 0.529. The van der Waals surface area contributed by atoms with Crippen molar-refractivity contribution in [3.05, 3.63) is 35.4 Å². The predicted molar refractivity (Wildman–Crippen MR) is 83.5 cm³/mol. The number of carbonyl (C=O) groups excluding carboxylic acids is 2. The molecular formula is C17H21F3N2O2. The molecule has 132 valence electrons. The highest BCUT2D eigenvalue weighted by molar-refractivity contribution is 5.94. The molecule has 1 aromatic rings. The third-order valence-electron chi connectivity index (χ3n) is 4.14. The number of nitrogens with zero attached hydrogens (tertiary/aromatic N) is 1. The second kappa shape index (κ2) is 7.68. The lowest BCUT2D eigenvalue weighted by molar-refractivity contribution is -0.188. The van der Waals surface area contributed by atoms with E-state index in [9.17, 15) is 22.8 Å². The molecule has 1 atom stereocenters. The number of halogens is 3. The quantitative estimate of drug-likeness (QED) is 0.915. The van der Waals surface area contributed by atoms with Crippen molar-refractivity contribution in [2.45, 2.75) is 32.4 Å². The molecule has 1 saturated heterocycles. The van der Waals surface area contributed by atoms with Crippen LogP contribution in [0.4, 0.5) is 13.2 Å². The van der Waals surface area contributed by atoms with Crippen LogP contribution in [0.5, 0.6) is 0 Å². The number of rotatable bonds is 4. The van der Waals surface area contributed by atoms with Gasteiger partial charge in [0, 0.05) is 31.6 Å². The van der Waals surface area contributed by atoms with Gasteiger partial charge in [0.05, 0.1) is 5.92 Å². The molecule has 1 aliphatic rings. The summed E-state index contributed by atoms with van der Waals surface area (Å²) < 4.78 is 38.3. The predicted octanol–water partition coefficient (Wildman–Crippen LogP) is 2.92. The van der Waals surface area contributed by atoms with Crippen LogP contribution in [0.15, 0.2) is 24.3 Å². The molecule has 2 amide bonds. The summed E-state index contributed by atoms with van der Waals surface area (Å²) >= 11 is 0. The van der Waals surface area contributed by atoms with Gasteiger partial charge in [0.25, 0.3) is 5.91 Å². The van der Waals surface area contributed by atoms with E-state index in [4.69, 9.17) is 0 Å². The Labute approximate surface area is 139 Å². The molecule has 0 bridgehead atoms. The summed E-state index contributed by atoms with van der Waals surface area (Å²) in [5, 5.41) is 2.63. The Morgan fingerprint density at radius 1 is 1.33 bits per heavy atom. The van der Waals surface area contributed by atoms with Gasteiger partial charge in [-0.05, 0) is 31.9 Å². The Morgan fingerprint density at radius 3 is 2.75 bits per heavy atom. The van der Waals surface area contributed by atoms with E-state index in [2.05, 4.69) is 5.32 Å². The maximum absolute atomic E-state index is 12.8. The van der Waals surface area contributed by atoms with Crippen LogP contribution in [0.2, 0.25) is 0 Å². The van der Waals surface area contributed by atoms with E-state index in [1.807, 2.05) is 13.0 Å². The van der Waals surface area contributed by atoms with Gasteiger partial charge in [-0.2, -0.15) is 13.2 Å². The van der Waals surface area contributed by atoms with Gasteiger partial charge < -0.3 is 10.2 Å². The highest BCUT2D eigenvalue weighted by Crippen LogP contribution is 2.33. The van der Waals surface area contributed by atoms with Crippen LogP contribution in [0.3, 0.4) is 0 Å². The number of aryl methyl sites for hydroxylation is 1. The zero-order chi connectivity index (χ0) is 17.7. The van der Waals surface area contributed by atoms with Gasteiger partial charge in [0.15, 0.2) is 0 Å². The summed E-state index contributed by atoms with van der Waals surface area (Å²) in [6, 6.07) is 7.03. The first-order chi connectivity index (χ1) is 11.3. The number of piperidine rings is 1. The molecule has 1 aliphatic heterocycles. The van der Waals surface area contributed by atoms with E-state index in [1.165, 1.54) is 4.90 Å². The van der Waals surface area contributed by atoms with Crippen molar-refractivity contribution in [3.8, 4) is 0 Å². The van der Waals surface area contributed by atoms with Crippen molar-refractivity contribution in [2.24, 2.45) is 5.92 Å². The number of hydrogen-bond acceptors (Lipinski definition) is 2. The van der Waals surface area contributed by atoms with E-state index in [0.717, 1.165) is 5.56 Å². The Morgan fingerprint density at radius 2 is 2.08 bits per heavy atom. The molecule has 0 saturated carbocycles. The van der Waals surface area contributed by atoms with Crippen LogP contribution in [0.1, 0.15) is 35.2 Å². The Balaban J connectivity index is 1.79. The number of carbonyl (C=O) groups is 2. The van der Waals surface area contributed by atoms with Crippen molar-refractivity contribution in [1.82, 2.24) is 10.2 Å². The molecule has 0 radical (unpaired) electrons. The second-order valence-electron chi connectivity index (χ2n) is 6.10. The van der Waals surface area contributed by atoms with Crippen molar-refractivity contribution in [1.29, 1.82) is 0 Å². The van der Waals surface area contributed by atoms with Crippen LogP contribution in [0.25, 0.3) is 0 Å². The Bertz CT molecular complexity index is 602. The van der Waals surface area contributed by atoms with Gasteiger partial charge in [0.1, 0.15) is 0 Å². The van der Waals surface area contributed by atoms with Crippen molar-refractivity contribution >= 4 is 11.8 Å². The third kappa shape index (κ3) is 4.97. The molecule has 1 aromatic carbocycles. The number of amides is 2. The molecule has 2 rings (SSSR count). The van der Waals surface area contributed by atoms with E-state index in [0.29, 0.717) is 18.5 Å². The average molecular weight is 342 g/mol. The maximum Gasteiger partial charge on any atom is 0.393 e. The summed E-state index contributed by atoms with van der Waals surface area (Å²) in [4.78, 5) is 25.3. The minimum Gasteiger partial charge on any atom is -0.352 e. The first-order valence-corrected chi connectivity index (χ1v) is 7.96. The van der Waals surface area contributed by atoms with Crippen LogP contribution in [-0.4, -0.2) is 42.5 Å². The van der Waals surface area contributed by atoms with Crippen molar-refractivity contribution in [3.63, 3.8) is 0 Å². The van der Waals surface area contributed by atoms with E-state index >= 15 is 0 Å². The SMILES string of the molecule is Cc1cccc(C(=O)NCCC(=O)N2CCCC(C(F)(F)F)C2)c1. The molecule has 4 nitrogen and oxygen atoms in total. The van der Waals surface area contributed by atoms with E-state index in [-0.39, 0.29) is 37.7 Å². The van der Waals surface area contributed by atoms with E-state index in [1.54, 1.807) is 18.2 Å². The smallest absolute Gasteiger partial charge is 0.352 e. The Kier molecular flexibility index (Phi) is 5.85. The zero-order valence-electron chi connectivity index (χ0n) is 13.5. The fourth-order valence-electron chi connectivity index (χ4n) is 2.80. The van der Waals surface area contributed by atoms with Crippen molar-refractivity contribution in [2.75, 3.05) is 19.6 Å². The lowest BCUT2D eigenvalue weighted by atomic mass is 9.97. The largest absolute Gasteiger partial charge is 0.393 e. The van der Waals surface area contributed by atoms with Gasteiger partial charge in [-0.1, -0.05) is 17.7 Å². The molecule has 24 heavy (non-hydrogen) atoms. The summed E-state index contributed by atoms with van der Waals surface area (Å²) in [5.41, 5.74) is 1.45. The molecular weight excluding hydrogens is 321 g/mol. The lowest BCUT2D eigenvalue weighted by Crippen LogP contribution is -2.45. The zero-order valence-corrected chi connectivity index (χ0v) is 13.5. The summed E-state index contributed by atoms with van der Waals surface area (Å²) in [6.07, 6.45) is -3.84. The second-order valence-corrected chi connectivity index (χ2v) is 6.10. The van der Waals surface area contributed by atoms with Gasteiger partial charge >= 0.3 is 6.18 Å². The van der Waals surface area contributed by atoms with Gasteiger partial charge in [0.2, 0.25) is 5.91 Å². The molecule has 7 heteroatoms. The first-order valence-electron chi connectivity index (χ1n) is 7.96. The van der Waals surface area contributed by atoms with Gasteiger partial charge in [-0.15, -0.1) is 0 Å². The minimum atomic E-state index is -4.27. The number of likely N-dealkylation sites (tertiary alicyclic amines) is 1. The maximum atomic E-state index is 12.8. The molecule has 1 N–H and O–H groups in total. The number of benzene rings is 1. The molecule has 0 aromatic heterocycles. The topological polar surface area (TPSA) is 49.4 Å².